The van der Waals surface area contributed by atoms with Crippen molar-refractivity contribution in [2.75, 3.05) is 5.32 Å². The van der Waals surface area contributed by atoms with Gasteiger partial charge in [-0.3, -0.25) is 4.79 Å². The van der Waals surface area contributed by atoms with Crippen LogP contribution in [0.4, 0.5) is 5.69 Å². The molecule has 3 nitrogen and oxygen atoms in total. The van der Waals surface area contributed by atoms with Crippen LogP contribution in [-0.4, -0.2) is 11.9 Å². The predicted octanol–water partition coefficient (Wildman–Crippen LogP) is 3.31. The van der Waals surface area contributed by atoms with Crippen molar-refractivity contribution in [3.63, 3.8) is 0 Å². The molecule has 0 saturated heterocycles. The van der Waals surface area contributed by atoms with Gasteiger partial charge in [0.05, 0.1) is 0 Å². The Morgan fingerprint density at radius 1 is 1.17 bits per heavy atom. The van der Waals surface area contributed by atoms with Gasteiger partial charge in [0.2, 0.25) is 5.91 Å². The third-order valence-corrected chi connectivity index (χ3v) is 3.05. The zero-order valence-corrected chi connectivity index (χ0v) is 11.2. The number of para-hydroxylation sites is 1. The van der Waals surface area contributed by atoms with Crippen molar-refractivity contribution in [2.45, 2.75) is 51.5 Å². The summed E-state index contributed by atoms with van der Waals surface area (Å²) in [6, 6.07) is 9.49. The molecule has 1 atom stereocenters. The highest BCUT2D eigenvalue weighted by atomic mass is 16.1. The van der Waals surface area contributed by atoms with Crippen molar-refractivity contribution in [1.29, 1.82) is 0 Å². The van der Waals surface area contributed by atoms with Crippen LogP contribution in [0.25, 0.3) is 0 Å². The number of carbonyl (C=O) groups is 1. The van der Waals surface area contributed by atoms with Gasteiger partial charge in [0.25, 0.3) is 0 Å². The molecule has 0 aliphatic heterocycles. The minimum atomic E-state index is -0.269. The van der Waals surface area contributed by atoms with Crippen LogP contribution in [0, 0.1) is 0 Å². The standard InChI is InChI=1S/C15H24N2O/c1-2-3-4-5-9-12-14(15(16)18)17-13-10-7-6-8-11-13/h6-8,10-11,14,17H,2-5,9,12H2,1H3,(H2,16,18). The van der Waals surface area contributed by atoms with Gasteiger partial charge in [-0.2, -0.15) is 0 Å². The maximum atomic E-state index is 11.4. The molecular weight excluding hydrogens is 224 g/mol. The summed E-state index contributed by atoms with van der Waals surface area (Å²) < 4.78 is 0. The lowest BCUT2D eigenvalue weighted by Crippen LogP contribution is -2.35. The molecule has 0 spiro atoms. The highest BCUT2D eigenvalue weighted by molar-refractivity contribution is 5.82. The fourth-order valence-corrected chi connectivity index (χ4v) is 1.97. The zero-order chi connectivity index (χ0) is 13.2. The van der Waals surface area contributed by atoms with Crippen molar-refractivity contribution >= 4 is 11.6 Å². The molecule has 0 radical (unpaired) electrons. The van der Waals surface area contributed by atoms with Crippen molar-refractivity contribution < 1.29 is 4.79 Å². The van der Waals surface area contributed by atoms with Crippen LogP contribution in [0.5, 0.6) is 0 Å². The molecule has 3 heteroatoms. The number of nitrogens with two attached hydrogens (primary N) is 1. The molecule has 0 aromatic heterocycles. The number of hydrogen-bond donors (Lipinski definition) is 2. The van der Waals surface area contributed by atoms with Gasteiger partial charge in [-0.25, -0.2) is 0 Å². The Labute approximate surface area is 110 Å². The SMILES string of the molecule is CCCCCCCC(Nc1ccccc1)C(N)=O. The predicted molar refractivity (Wildman–Crippen MR) is 76.4 cm³/mol. The third-order valence-electron chi connectivity index (χ3n) is 3.05. The molecule has 0 aliphatic carbocycles. The minimum absolute atomic E-state index is 0.256. The van der Waals surface area contributed by atoms with Crippen LogP contribution in [0.3, 0.4) is 0 Å². The first-order valence-electron chi connectivity index (χ1n) is 6.85. The number of nitrogens with one attached hydrogen (secondary N) is 1. The van der Waals surface area contributed by atoms with E-state index in [9.17, 15) is 4.79 Å². The number of hydrogen-bond acceptors (Lipinski definition) is 2. The van der Waals surface area contributed by atoms with E-state index in [1.54, 1.807) is 0 Å². The monoisotopic (exact) mass is 248 g/mol. The molecule has 0 fully saturated rings. The average Bonchev–Trinajstić information content (AvgIpc) is 2.38. The van der Waals surface area contributed by atoms with Crippen molar-refractivity contribution in [1.82, 2.24) is 0 Å². The lowest BCUT2D eigenvalue weighted by Gasteiger charge is -2.16. The zero-order valence-electron chi connectivity index (χ0n) is 11.2. The van der Waals surface area contributed by atoms with Crippen LogP contribution >= 0.6 is 0 Å². The quantitative estimate of drug-likeness (QED) is 0.659. The fraction of sp³-hybridized carbons (Fsp3) is 0.533. The van der Waals surface area contributed by atoms with E-state index in [1.165, 1.54) is 25.7 Å². The number of primary amides is 1. The van der Waals surface area contributed by atoms with Gasteiger partial charge in [0.15, 0.2) is 0 Å². The molecule has 1 unspecified atom stereocenters. The van der Waals surface area contributed by atoms with Crippen LogP contribution < -0.4 is 11.1 Å². The Morgan fingerprint density at radius 3 is 2.44 bits per heavy atom. The van der Waals surface area contributed by atoms with E-state index in [2.05, 4.69) is 12.2 Å². The van der Waals surface area contributed by atoms with Crippen molar-refractivity contribution in [3.05, 3.63) is 30.3 Å². The second-order valence-electron chi connectivity index (χ2n) is 4.67. The second-order valence-corrected chi connectivity index (χ2v) is 4.67. The van der Waals surface area contributed by atoms with Gasteiger partial charge >= 0.3 is 0 Å². The molecule has 100 valence electrons. The Bertz CT molecular complexity index is 338. The summed E-state index contributed by atoms with van der Waals surface area (Å²) in [6.45, 7) is 2.20. The van der Waals surface area contributed by atoms with Crippen molar-refractivity contribution in [3.8, 4) is 0 Å². The molecule has 0 saturated carbocycles. The molecule has 0 aliphatic rings. The van der Waals surface area contributed by atoms with E-state index >= 15 is 0 Å². The van der Waals surface area contributed by atoms with E-state index in [4.69, 9.17) is 5.73 Å². The minimum Gasteiger partial charge on any atom is -0.374 e. The Hall–Kier alpha value is -1.51. The molecule has 3 N–H and O–H groups in total. The molecule has 18 heavy (non-hydrogen) atoms. The molecule has 1 rings (SSSR count). The Morgan fingerprint density at radius 2 is 1.83 bits per heavy atom. The smallest absolute Gasteiger partial charge is 0.239 e. The summed E-state index contributed by atoms with van der Waals surface area (Å²) >= 11 is 0. The Balaban J connectivity index is 2.34. The summed E-state index contributed by atoms with van der Waals surface area (Å²) in [5, 5.41) is 3.19. The number of anilines is 1. The largest absolute Gasteiger partial charge is 0.374 e. The first-order chi connectivity index (χ1) is 8.74. The maximum absolute atomic E-state index is 11.4. The molecule has 0 bridgehead atoms. The van der Waals surface area contributed by atoms with E-state index in [1.807, 2.05) is 30.3 Å². The number of benzene rings is 1. The second kappa shape index (κ2) is 8.56. The number of rotatable bonds is 9. The topological polar surface area (TPSA) is 55.1 Å². The Kier molecular flexibility index (Phi) is 6.92. The lowest BCUT2D eigenvalue weighted by molar-refractivity contribution is -0.118. The van der Waals surface area contributed by atoms with E-state index in [0.717, 1.165) is 18.5 Å². The highest BCUT2D eigenvalue weighted by Crippen LogP contribution is 2.12. The first-order valence-corrected chi connectivity index (χ1v) is 6.85. The normalized spacial score (nSPS) is 12.1. The van der Waals surface area contributed by atoms with Gasteiger partial charge < -0.3 is 11.1 Å². The van der Waals surface area contributed by atoms with Crippen LogP contribution in [0.2, 0.25) is 0 Å². The highest BCUT2D eigenvalue weighted by Gasteiger charge is 2.13. The summed E-state index contributed by atoms with van der Waals surface area (Å²) in [7, 11) is 0. The van der Waals surface area contributed by atoms with Gasteiger partial charge in [0, 0.05) is 5.69 Å². The van der Waals surface area contributed by atoms with E-state index in [-0.39, 0.29) is 11.9 Å². The fourth-order valence-electron chi connectivity index (χ4n) is 1.97. The van der Waals surface area contributed by atoms with E-state index < -0.39 is 0 Å². The first kappa shape index (κ1) is 14.6. The summed E-state index contributed by atoms with van der Waals surface area (Å²) in [5.41, 5.74) is 6.38. The van der Waals surface area contributed by atoms with Gasteiger partial charge in [-0.1, -0.05) is 57.2 Å². The lowest BCUT2D eigenvalue weighted by atomic mass is 10.1. The maximum Gasteiger partial charge on any atom is 0.239 e. The summed E-state index contributed by atoms with van der Waals surface area (Å²) in [4.78, 5) is 11.4. The number of carbonyl (C=O) groups excluding carboxylic acids is 1. The van der Waals surface area contributed by atoms with Crippen molar-refractivity contribution in [2.24, 2.45) is 5.73 Å². The molecule has 1 aromatic rings. The molecule has 1 amide bonds. The van der Waals surface area contributed by atoms with Crippen LogP contribution in [0.1, 0.15) is 45.4 Å². The van der Waals surface area contributed by atoms with Gasteiger partial charge in [-0.15, -0.1) is 0 Å². The molecule has 0 heterocycles. The van der Waals surface area contributed by atoms with Gasteiger partial charge in [-0.05, 0) is 18.6 Å². The van der Waals surface area contributed by atoms with E-state index in [0.29, 0.717) is 0 Å². The summed E-state index contributed by atoms with van der Waals surface area (Å²) in [6.07, 6.45) is 6.79. The number of amides is 1. The molecule has 1 aromatic carbocycles. The molecular formula is C15H24N2O. The average molecular weight is 248 g/mol. The third kappa shape index (κ3) is 5.71. The number of unbranched alkanes of at least 4 members (excludes halogenated alkanes) is 4. The van der Waals surface area contributed by atoms with Gasteiger partial charge in [0.1, 0.15) is 6.04 Å². The van der Waals surface area contributed by atoms with Crippen LogP contribution in [0.15, 0.2) is 30.3 Å². The summed E-state index contributed by atoms with van der Waals surface area (Å²) in [5.74, 6) is -0.269. The van der Waals surface area contributed by atoms with Crippen LogP contribution in [-0.2, 0) is 4.79 Å².